The van der Waals surface area contributed by atoms with Crippen LogP contribution in [-0.2, 0) is 22.7 Å². The molecule has 0 saturated heterocycles. The van der Waals surface area contributed by atoms with Crippen molar-refractivity contribution in [1.29, 1.82) is 0 Å². The maximum Gasteiger partial charge on any atom is 0.303 e. The Kier molecular flexibility index (Phi) is 4.88. The highest BCUT2D eigenvalue weighted by Crippen LogP contribution is 2.21. The van der Waals surface area contributed by atoms with Crippen LogP contribution in [0.5, 0.6) is 0 Å². The van der Waals surface area contributed by atoms with Gasteiger partial charge < -0.3 is 14.6 Å². The number of hydrogen-bond acceptors (Lipinski definition) is 4. The van der Waals surface area contributed by atoms with Crippen molar-refractivity contribution >= 4 is 11.9 Å². The van der Waals surface area contributed by atoms with Crippen molar-refractivity contribution in [3.63, 3.8) is 0 Å². The smallest absolute Gasteiger partial charge is 0.303 e. The van der Waals surface area contributed by atoms with Gasteiger partial charge >= 0.3 is 5.97 Å². The Morgan fingerprint density at radius 1 is 1.04 bits per heavy atom. The molecule has 3 rings (SSSR count). The molecule has 0 aliphatic carbocycles. The second-order valence-electron chi connectivity index (χ2n) is 5.87. The zero-order valence-corrected chi connectivity index (χ0v) is 13.4. The molecule has 1 aliphatic rings. The van der Waals surface area contributed by atoms with E-state index in [4.69, 9.17) is 5.11 Å². The molecule has 0 bridgehead atoms. The molecule has 1 aliphatic heterocycles. The van der Waals surface area contributed by atoms with Crippen molar-refractivity contribution in [2.24, 2.45) is 0 Å². The van der Waals surface area contributed by atoms with Crippen molar-refractivity contribution in [3.8, 4) is 11.4 Å². The molecule has 0 radical (unpaired) electrons. The molecule has 2 heterocycles. The third kappa shape index (κ3) is 3.61. The van der Waals surface area contributed by atoms with Crippen LogP contribution in [0.3, 0.4) is 0 Å². The summed E-state index contributed by atoms with van der Waals surface area (Å²) in [5.41, 5.74) is 1.02. The third-order valence-electron chi connectivity index (χ3n) is 4.17. The summed E-state index contributed by atoms with van der Waals surface area (Å²) in [5, 5.41) is 17.1. The molecule has 7 heteroatoms. The Morgan fingerprint density at radius 3 is 2.54 bits per heavy atom. The van der Waals surface area contributed by atoms with E-state index in [0.29, 0.717) is 38.9 Å². The summed E-state index contributed by atoms with van der Waals surface area (Å²) in [6.45, 7) is 1.76. The summed E-state index contributed by atoms with van der Waals surface area (Å²) in [7, 11) is 0. The van der Waals surface area contributed by atoms with Crippen molar-refractivity contribution in [3.05, 3.63) is 36.2 Å². The summed E-state index contributed by atoms with van der Waals surface area (Å²) in [6, 6.07) is 9.88. The van der Waals surface area contributed by atoms with E-state index >= 15 is 0 Å². The molecule has 7 nitrogen and oxygen atoms in total. The molecule has 1 aromatic carbocycles. The molecule has 24 heavy (non-hydrogen) atoms. The Balaban J connectivity index is 1.60. The van der Waals surface area contributed by atoms with Crippen LogP contribution in [0.15, 0.2) is 30.3 Å². The molecule has 0 spiro atoms. The number of benzene rings is 1. The molecule has 2 aromatic rings. The molecular formula is C17H20N4O3. The van der Waals surface area contributed by atoms with Crippen molar-refractivity contribution in [2.75, 3.05) is 6.54 Å². The highest BCUT2D eigenvalue weighted by atomic mass is 16.4. The maximum absolute atomic E-state index is 12.3. The minimum atomic E-state index is -0.818. The maximum atomic E-state index is 12.3. The van der Waals surface area contributed by atoms with E-state index in [-0.39, 0.29) is 12.3 Å². The zero-order chi connectivity index (χ0) is 16.9. The standard InChI is InChI=1S/C17H20N4O3/c22-15(8-4-5-9-16(23)24)20-10-11-21-14(12-20)18-19-17(21)13-6-2-1-3-7-13/h1-3,6-7H,4-5,8-12H2,(H,23,24). The van der Waals surface area contributed by atoms with Gasteiger partial charge in [0.1, 0.15) is 0 Å². The van der Waals surface area contributed by atoms with E-state index < -0.39 is 5.97 Å². The Morgan fingerprint density at radius 2 is 1.79 bits per heavy atom. The summed E-state index contributed by atoms with van der Waals surface area (Å²) in [4.78, 5) is 24.5. The lowest BCUT2D eigenvalue weighted by Gasteiger charge is -2.28. The number of carboxylic acid groups (broad SMARTS) is 1. The minimum Gasteiger partial charge on any atom is -0.481 e. The lowest BCUT2D eigenvalue weighted by Crippen LogP contribution is -2.38. The fourth-order valence-electron chi connectivity index (χ4n) is 2.88. The van der Waals surface area contributed by atoms with Gasteiger partial charge in [0.05, 0.1) is 6.54 Å². The lowest BCUT2D eigenvalue weighted by atomic mass is 10.1. The first-order valence-electron chi connectivity index (χ1n) is 8.12. The zero-order valence-electron chi connectivity index (χ0n) is 13.4. The van der Waals surface area contributed by atoms with Crippen molar-refractivity contribution in [1.82, 2.24) is 19.7 Å². The van der Waals surface area contributed by atoms with Gasteiger partial charge in [-0.05, 0) is 12.8 Å². The van der Waals surface area contributed by atoms with Gasteiger partial charge in [0.25, 0.3) is 0 Å². The van der Waals surface area contributed by atoms with Crippen LogP contribution in [0, 0.1) is 0 Å². The van der Waals surface area contributed by atoms with Crippen LogP contribution in [-0.4, -0.2) is 43.2 Å². The number of carbonyl (C=O) groups is 2. The van der Waals surface area contributed by atoms with E-state index in [0.717, 1.165) is 17.2 Å². The van der Waals surface area contributed by atoms with Crippen LogP contribution in [0.4, 0.5) is 0 Å². The first-order chi connectivity index (χ1) is 11.6. The number of hydrogen-bond donors (Lipinski definition) is 1. The number of aromatic nitrogens is 3. The fourth-order valence-corrected chi connectivity index (χ4v) is 2.88. The van der Waals surface area contributed by atoms with Crippen LogP contribution in [0.2, 0.25) is 0 Å². The van der Waals surface area contributed by atoms with E-state index in [1.54, 1.807) is 4.90 Å². The number of amides is 1. The molecule has 0 unspecified atom stereocenters. The third-order valence-corrected chi connectivity index (χ3v) is 4.17. The SMILES string of the molecule is O=C(O)CCCCC(=O)N1CCn2c(nnc2-c2ccccc2)C1. The number of unbranched alkanes of at least 4 members (excludes halogenated alkanes) is 1. The van der Waals surface area contributed by atoms with Gasteiger partial charge in [-0.25, -0.2) is 0 Å². The van der Waals surface area contributed by atoms with Crippen LogP contribution in [0.25, 0.3) is 11.4 Å². The quantitative estimate of drug-likeness (QED) is 0.819. The number of aliphatic carboxylic acids is 1. The van der Waals surface area contributed by atoms with Crippen LogP contribution in [0.1, 0.15) is 31.5 Å². The summed E-state index contributed by atoms with van der Waals surface area (Å²) >= 11 is 0. The molecule has 0 fully saturated rings. The number of carbonyl (C=O) groups excluding carboxylic acids is 1. The van der Waals surface area contributed by atoms with Gasteiger partial charge in [-0.2, -0.15) is 0 Å². The van der Waals surface area contributed by atoms with E-state index in [1.807, 2.05) is 30.3 Å². The Bertz CT molecular complexity index is 727. The first-order valence-corrected chi connectivity index (χ1v) is 8.12. The minimum absolute atomic E-state index is 0.0518. The van der Waals surface area contributed by atoms with Crippen LogP contribution < -0.4 is 0 Å². The molecular weight excluding hydrogens is 308 g/mol. The summed E-state index contributed by atoms with van der Waals surface area (Å²) in [5.74, 6) is 0.857. The average molecular weight is 328 g/mol. The fraction of sp³-hybridized carbons (Fsp3) is 0.412. The van der Waals surface area contributed by atoms with Crippen molar-refractivity contribution in [2.45, 2.75) is 38.8 Å². The van der Waals surface area contributed by atoms with Gasteiger partial charge in [0.15, 0.2) is 11.6 Å². The normalized spacial score (nSPS) is 13.6. The second-order valence-corrected chi connectivity index (χ2v) is 5.87. The van der Waals surface area contributed by atoms with E-state index in [1.165, 1.54) is 0 Å². The predicted octanol–water partition coefficient (Wildman–Crippen LogP) is 1.93. The lowest BCUT2D eigenvalue weighted by molar-refractivity contribution is -0.137. The van der Waals surface area contributed by atoms with E-state index in [2.05, 4.69) is 14.8 Å². The summed E-state index contributed by atoms with van der Waals surface area (Å²) < 4.78 is 2.06. The number of rotatable bonds is 6. The molecule has 1 aromatic heterocycles. The van der Waals surface area contributed by atoms with Gasteiger partial charge in [-0.3, -0.25) is 9.59 Å². The molecule has 0 saturated carbocycles. The highest BCUT2D eigenvalue weighted by Gasteiger charge is 2.24. The van der Waals surface area contributed by atoms with Gasteiger partial charge in [-0.15, -0.1) is 10.2 Å². The van der Waals surface area contributed by atoms with Crippen molar-refractivity contribution < 1.29 is 14.7 Å². The highest BCUT2D eigenvalue weighted by molar-refractivity contribution is 5.76. The second kappa shape index (κ2) is 7.25. The molecule has 126 valence electrons. The number of carboxylic acids is 1. The predicted molar refractivity (Wildman–Crippen MR) is 87.0 cm³/mol. The topological polar surface area (TPSA) is 88.3 Å². The monoisotopic (exact) mass is 328 g/mol. The number of fused-ring (bicyclic) bond motifs is 1. The van der Waals surface area contributed by atoms with E-state index in [9.17, 15) is 9.59 Å². The molecule has 1 N–H and O–H groups in total. The largest absolute Gasteiger partial charge is 0.481 e. The van der Waals surface area contributed by atoms with Gasteiger partial charge in [-0.1, -0.05) is 30.3 Å². The number of nitrogens with zero attached hydrogens (tertiary/aromatic N) is 4. The van der Waals surface area contributed by atoms with Crippen LogP contribution >= 0.6 is 0 Å². The van der Waals surface area contributed by atoms with Gasteiger partial charge in [0, 0.05) is 31.5 Å². The summed E-state index contributed by atoms with van der Waals surface area (Å²) in [6.07, 6.45) is 1.63. The molecule has 0 atom stereocenters. The average Bonchev–Trinajstić information content (AvgIpc) is 3.02. The Hall–Kier alpha value is -2.70. The Labute approximate surface area is 139 Å². The first kappa shape index (κ1) is 16.2. The van der Waals surface area contributed by atoms with Gasteiger partial charge in [0.2, 0.25) is 5.91 Å². The molecule has 1 amide bonds.